The van der Waals surface area contributed by atoms with Gasteiger partial charge in [-0.25, -0.2) is 23.5 Å². The minimum atomic E-state index is -1.10. The highest BCUT2D eigenvalue weighted by Crippen LogP contribution is 2.50. The molecule has 0 radical (unpaired) electrons. The molecule has 4 heterocycles. The summed E-state index contributed by atoms with van der Waals surface area (Å²) in [5.41, 5.74) is 2.48. The van der Waals surface area contributed by atoms with Crippen LogP contribution in [0.2, 0.25) is 5.02 Å². The number of benzene rings is 2. The van der Waals surface area contributed by atoms with E-state index >= 15 is 4.39 Å². The molecule has 0 amide bonds. The molecule has 230 valence electrons. The highest BCUT2D eigenvalue weighted by atomic mass is 35.5. The molecule has 1 N–H and O–H groups in total. The van der Waals surface area contributed by atoms with Crippen LogP contribution in [0.1, 0.15) is 77.1 Å². The van der Waals surface area contributed by atoms with Crippen molar-refractivity contribution in [2.24, 2.45) is 5.41 Å². The Hall–Kier alpha value is -4.33. The minimum Gasteiger partial charge on any atom is -0.480 e. The lowest BCUT2D eigenvalue weighted by Gasteiger charge is -2.34. The number of rotatable bonds is 8. The zero-order chi connectivity index (χ0) is 31.3. The Morgan fingerprint density at radius 1 is 1.11 bits per heavy atom. The van der Waals surface area contributed by atoms with Crippen LogP contribution in [-0.2, 0) is 13.1 Å². The first-order chi connectivity index (χ1) is 21.7. The van der Waals surface area contributed by atoms with E-state index in [0.717, 1.165) is 50.2 Å². The van der Waals surface area contributed by atoms with Gasteiger partial charge in [0.25, 0.3) is 0 Å². The van der Waals surface area contributed by atoms with E-state index in [1.807, 2.05) is 16.7 Å². The van der Waals surface area contributed by atoms with Crippen molar-refractivity contribution < 1.29 is 23.4 Å². The van der Waals surface area contributed by atoms with Crippen LogP contribution in [0.5, 0.6) is 5.75 Å². The summed E-state index contributed by atoms with van der Waals surface area (Å²) in [5.74, 6) is -0.738. The van der Waals surface area contributed by atoms with Crippen LogP contribution in [0.3, 0.4) is 0 Å². The van der Waals surface area contributed by atoms with E-state index in [-0.39, 0.29) is 27.6 Å². The van der Waals surface area contributed by atoms with Crippen LogP contribution >= 0.6 is 11.6 Å². The lowest BCUT2D eigenvalue weighted by atomic mass is 9.86. The fraction of sp³-hybridized carbons (Fsp3) is 0.353. The maximum atomic E-state index is 15.3. The van der Waals surface area contributed by atoms with Crippen LogP contribution in [0.15, 0.2) is 54.6 Å². The van der Waals surface area contributed by atoms with Gasteiger partial charge >= 0.3 is 5.97 Å². The largest absolute Gasteiger partial charge is 0.480 e. The number of para-hydroxylation sites is 1. The van der Waals surface area contributed by atoms with Crippen molar-refractivity contribution in [2.45, 2.75) is 57.2 Å². The van der Waals surface area contributed by atoms with Gasteiger partial charge in [0.05, 0.1) is 18.2 Å². The molecule has 45 heavy (non-hydrogen) atoms. The van der Waals surface area contributed by atoms with Crippen molar-refractivity contribution >= 4 is 34.6 Å². The van der Waals surface area contributed by atoms with Crippen LogP contribution in [0.25, 0.3) is 17.0 Å². The zero-order valence-corrected chi connectivity index (χ0v) is 25.1. The molecule has 1 saturated heterocycles. The highest BCUT2D eigenvalue weighted by molar-refractivity contribution is 6.30. The maximum absolute atomic E-state index is 15.3. The number of piperidine rings is 1. The molecule has 8 nitrogen and oxygen atoms in total. The number of aromatic nitrogens is 3. The number of aromatic carboxylic acids is 1. The van der Waals surface area contributed by atoms with Crippen molar-refractivity contribution in [1.82, 2.24) is 19.4 Å². The number of carbonyl (C=O) groups is 1. The average Bonchev–Trinajstić information content (AvgIpc) is 3.70. The topological polar surface area (TPSA) is 104 Å². The monoisotopic (exact) mass is 629 g/mol. The predicted molar refractivity (Wildman–Crippen MR) is 164 cm³/mol. The highest BCUT2D eigenvalue weighted by Gasteiger charge is 2.43. The summed E-state index contributed by atoms with van der Waals surface area (Å²) < 4.78 is 38.3. The first kappa shape index (κ1) is 29.4. The van der Waals surface area contributed by atoms with Gasteiger partial charge in [-0.05, 0) is 86.7 Å². The Morgan fingerprint density at radius 2 is 1.91 bits per heavy atom. The third kappa shape index (κ3) is 5.67. The Kier molecular flexibility index (Phi) is 7.54. The van der Waals surface area contributed by atoms with E-state index in [4.69, 9.17) is 21.3 Å². The average molecular weight is 630 g/mol. The van der Waals surface area contributed by atoms with Crippen LogP contribution < -0.4 is 4.74 Å². The van der Waals surface area contributed by atoms with Crippen molar-refractivity contribution in [3.05, 3.63) is 93.7 Å². The standard InChI is InChI=1S/C34H30ClF2N5O3/c35-21-4-5-23(25(36)16-21)29-17-26(37)24-3-1-2-22(31(24)45-29)20-8-14-41(15-9-20)18-30-39-27-6-7-28(33(43)44)40-32(27)42(30)19-34(10-11-34)12-13-38/h1-7,16-17,20,29H,8-12,14-15,18-19H2,(H,43,44)/t29-/m1/s1. The quantitative estimate of drug-likeness (QED) is 0.216. The molecular weight excluding hydrogens is 600 g/mol. The van der Waals surface area contributed by atoms with E-state index in [2.05, 4.69) is 16.0 Å². The summed E-state index contributed by atoms with van der Waals surface area (Å²) in [7, 11) is 0. The lowest BCUT2D eigenvalue weighted by Crippen LogP contribution is -2.34. The first-order valence-electron chi connectivity index (χ1n) is 15.0. The minimum absolute atomic E-state index is 0.0399. The Morgan fingerprint density at radius 3 is 2.62 bits per heavy atom. The number of hydrogen-bond donors (Lipinski definition) is 1. The van der Waals surface area contributed by atoms with E-state index in [1.54, 1.807) is 18.2 Å². The number of halogens is 3. The number of carboxylic acid groups (broad SMARTS) is 1. The molecule has 2 aromatic carbocycles. The summed E-state index contributed by atoms with van der Waals surface area (Å²) in [5, 5.41) is 19.2. The maximum Gasteiger partial charge on any atom is 0.354 e. The number of hydrogen-bond acceptors (Lipinski definition) is 6. The second kappa shape index (κ2) is 11.5. The predicted octanol–water partition coefficient (Wildman–Crippen LogP) is 7.44. The van der Waals surface area contributed by atoms with Crippen LogP contribution in [-0.4, -0.2) is 43.6 Å². The summed E-state index contributed by atoms with van der Waals surface area (Å²) in [4.78, 5) is 23.2. The van der Waals surface area contributed by atoms with Gasteiger partial charge in [-0.15, -0.1) is 0 Å². The SMILES string of the molecule is N#CCC1(Cn2c(CN3CCC(c4cccc5c4O[C@@H](c4ccc(Cl)cc4F)C=C5F)CC3)nc3ccc(C(=O)O)nc32)CC1. The van der Waals surface area contributed by atoms with Gasteiger partial charge < -0.3 is 14.4 Å². The molecule has 2 fully saturated rings. The van der Waals surface area contributed by atoms with E-state index < -0.39 is 23.7 Å². The molecule has 3 aliphatic rings. The molecule has 2 aliphatic heterocycles. The molecule has 0 spiro atoms. The number of fused-ring (bicyclic) bond motifs is 2. The Bertz CT molecular complexity index is 1890. The van der Waals surface area contributed by atoms with Gasteiger partial charge in [-0.3, -0.25) is 4.90 Å². The molecule has 1 atom stereocenters. The fourth-order valence-electron chi connectivity index (χ4n) is 6.59. The Balaban J connectivity index is 1.11. The number of nitrogens with zero attached hydrogens (tertiary/aromatic N) is 5. The fourth-order valence-corrected chi connectivity index (χ4v) is 6.75. The van der Waals surface area contributed by atoms with Gasteiger partial charge in [0.15, 0.2) is 11.3 Å². The third-order valence-electron chi connectivity index (χ3n) is 9.30. The molecule has 11 heteroatoms. The molecule has 1 aliphatic carbocycles. The van der Waals surface area contributed by atoms with Crippen LogP contribution in [0, 0.1) is 22.6 Å². The molecule has 7 rings (SSSR count). The smallest absolute Gasteiger partial charge is 0.354 e. The number of imidazole rings is 1. The summed E-state index contributed by atoms with van der Waals surface area (Å²) in [6, 6.07) is 15.2. The van der Waals surface area contributed by atoms with Gasteiger partial charge in [-0.2, -0.15) is 5.26 Å². The van der Waals surface area contributed by atoms with E-state index in [0.29, 0.717) is 42.0 Å². The van der Waals surface area contributed by atoms with Crippen molar-refractivity contribution in [1.29, 1.82) is 5.26 Å². The van der Waals surface area contributed by atoms with E-state index in [1.165, 1.54) is 24.3 Å². The lowest BCUT2D eigenvalue weighted by molar-refractivity contribution is 0.0691. The number of nitriles is 1. The number of likely N-dealkylation sites (tertiary alicyclic amines) is 1. The van der Waals surface area contributed by atoms with Crippen LogP contribution in [0.4, 0.5) is 8.78 Å². The van der Waals surface area contributed by atoms with Gasteiger partial charge in [0.2, 0.25) is 0 Å². The molecular formula is C34H30ClF2N5O3. The molecule has 1 saturated carbocycles. The molecule has 2 aromatic heterocycles. The van der Waals surface area contributed by atoms with Crippen molar-refractivity contribution in [3.63, 3.8) is 0 Å². The first-order valence-corrected chi connectivity index (χ1v) is 15.4. The van der Waals surface area contributed by atoms with Gasteiger partial charge in [-0.1, -0.05) is 29.8 Å². The van der Waals surface area contributed by atoms with E-state index in [9.17, 15) is 19.6 Å². The molecule has 4 aromatic rings. The Labute approximate surface area is 263 Å². The molecule has 0 unspecified atom stereocenters. The summed E-state index contributed by atoms with van der Waals surface area (Å²) >= 11 is 5.93. The number of carboxylic acids is 1. The zero-order valence-electron chi connectivity index (χ0n) is 24.3. The van der Waals surface area contributed by atoms with Crippen molar-refractivity contribution in [2.75, 3.05) is 13.1 Å². The second-order valence-corrected chi connectivity index (χ2v) is 12.7. The number of pyridine rings is 1. The molecule has 0 bridgehead atoms. The summed E-state index contributed by atoms with van der Waals surface area (Å²) in [6.07, 6.45) is 4.29. The second-order valence-electron chi connectivity index (χ2n) is 12.3. The third-order valence-corrected chi connectivity index (χ3v) is 9.54. The van der Waals surface area contributed by atoms with Gasteiger partial charge in [0, 0.05) is 29.0 Å². The normalized spacial score (nSPS) is 19.4. The summed E-state index contributed by atoms with van der Waals surface area (Å²) in [6.45, 7) is 2.62. The van der Waals surface area contributed by atoms with Gasteiger partial charge in [0.1, 0.15) is 34.8 Å². The van der Waals surface area contributed by atoms with Crippen molar-refractivity contribution in [3.8, 4) is 11.8 Å². The number of ether oxygens (including phenoxy) is 1.